The van der Waals surface area contributed by atoms with Crippen LogP contribution in [0.25, 0.3) is 26.5 Å². The molecule has 0 aliphatic heterocycles. The topological polar surface area (TPSA) is 59.1 Å². The van der Waals surface area contributed by atoms with E-state index in [1.807, 2.05) is 36.4 Å². The Morgan fingerprint density at radius 3 is 2.75 bits per heavy atom. The van der Waals surface area contributed by atoms with Crippen LogP contribution < -0.4 is 5.73 Å². The lowest BCUT2D eigenvalue weighted by atomic mass is 10.2. The summed E-state index contributed by atoms with van der Waals surface area (Å²) in [5.74, 6) is 0.0730. The first-order valence-corrected chi connectivity index (χ1v) is 7.78. The first-order valence-electron chi connectivity index (χ1n) is 5.89. The third-order valence-electron chi connectivity index (χ3n) is 2.97. The summed E-state index contributed by atoms with van der Waals surface area (Å²) in [5, 5.41) is 10.4. The van der Waals surface area contributed by atoms with Gasteiger partial charge in [0.15, 0.2) is 0 Å². The molecule has 0 amide bonds. The number of anilines is 1. The zero-order chi connectivity index (χ0) is 14.3. The minimum absolute atomic E-state index is 0.0730. The zero-order valence-corrected chi connectivity index (χ0v) is 13.4. The van der Waals surface area contributed by atoms with Crippen molar-refractivity contribution in [1.82, 2.24) is 4.98 Å². The molecule has 0 atom stereocenters. The number of rotatable bonds is 2. The molecule has 0 fully saturated rings. The molecule has 0 aliphatic carbocycles. The van der Waals surface area contributed by atoms with Crippen LogP contribution in [-0.4, -0.2) is 10.1 Å². The third-order valence-corrected chi connectivity index (χ3v) is 4.97. The molecule has 2 aromatic carbocycles. The Bertz CT molecular complexity index is 826. The standard InChI is InChI=1S/C15H11IN2OS/c1-8(19)9-3-5-13-14(7-9)20-15(18-13)10-2-4-12(17)11(16)6-10/h2-7,19H,1,17H2. The van der Waals surface area contributed by atoms with Crippen molar-refractivity contribution < 1.29 is 5.11 Å². The van der Waals surface area contributed by atoms with Crippen LogP contribution >= 0.6 is 33.9 Å². The Hall–Kier alpha value is -1.60. The van der Waals surface area contributed by atoms with E-state index in [2.05, 4.69) is 34.2 Å². The minimum atomic E-state index is 0.0730. The Kier molecular flexibility index (Phi) is 3.39. The van der Waals surface area contributed by atoms with Gasteiger partial charge in [-0.15, -0.1) is 11.3 Å². The van der Waals surface area contributed by atoms with Crippen molar-refractivity contribution in [2.75, 3.05) is 5.73 Å². The molecule has 20 heavy (non-hydrogen) atoms. The Labute approximate surface area is 133 Å². The highest BCUT2D eigenvalue weighted by atomic mass is 127. The van der Waals surface area contributed by atoms with Gasteiger partial charge >= 0.3 is 0 Å². The average molecular weight is 394 g/mol. The number of aromatic nitrogens is 1. The van der Waals surface area contributed by atoms with Gasteiger partial charge in [0.2, 0.25) is 0 Å². The fourth-order valence-corrected chi connectivity index (χ4v) is 3.40. The zero-order valence-electron chi connectivity index (χ0n) is 10.4. The summed E-state index contributed by atoms with van der Waals surface area (Å²) in [6.45, 7) is 3.54. The predicted molar refractivity (Wildman–Crippen MR) is 93.8 cm³/mol. The summed E-state index contributed by atoms with van der Waals surface area (Å²) in [5.41, 5.74) is 9.30. The molecule has 3 nitrogen and oxygen atoms in total. The van der Waals surface area contributed by atoms with Crippen LogP contribution in [0, 0.1) is 3.57 Å². The van der Waals surface area contributed by atoms with Gasteiger partial charge in [0, 0.05) is 20.4 Å². The maximum Gasteiger partial charge on any atom is 0.124 e. The van der Waals surface area contributed by atoms with Crippen LogP contribution in [0.2, 0.25) is 0 Å². The van der Waals surface area contributed by atoms with Crippen LogP contribution in [0.1, 0.15) is 5.56 Å². The summed E-state index contributed by atoms with van der Waals surface area (Å²) in [6.07, 6.45) is 0. The molecule has 0 unspecified atom stereocenters. The summed E-state index contributed by atoms with van der Waals surface area (Å²) >= 11 is 3.81. The van der Waals surface area contributed by atoms with Crippen LogP contribution in [0.3, 0.4) is 0 Å². The number of hydrogen-bond acceptors (Lipinski definition) is 4. The number of aliphatic hydroxyl groups excluding tert-OH is 1. The second-order valence-corrected chi connectivity index (χ2v) is 6.58. The summed E-state index contributed by atoms with van der Waals surface area (Å²) in [4.78, 5) is 4.62. The Balaban J connectivity index is 2.12. The number of fused-ring (bicyclic) bond motifs is 1. The van der Waals surface area contributed by atoms with Crippen LogP contribution in [0.4, 0.5) is 5.69 Å². The molecular formula is C15H11IN2OS. The van der Waals surface area contributed by atoms with Crippen molar-refractivity contribution in [1.29, 1.82) is 0 Å². The number of halogens is 1. The lowest BCUT2D eigenvalue weighted by Crippen LogP contribution is -1.88. The molecule has 100 valence electrons. The van der Waals surface area contributed by atoms with Gasteiger partial charge in [-0.25, -0.2) is 4.98 Å². The molecule has 3 N–H and O–H groups in total. The molecule has 0 saturated carbocycles. The van der Waals surface area contributed by atoms with E-state index in [4.69, 9.17) is 5.73 Å². The van der Waals surface area contributed by atoms with E-state index >= 15 is 0 Å². The smallest absolute Gasteiger partial charge is 0.124 e. The van der Waals surface area contributed by atoms with Gasteiger partial charge in [-0.2, -0.15) is 0 Å². The number of nitrogens with two attached hydrogens (primary N) is 1. The molecular weight excluding hydrogens is 383 g/mol. The van der Waals surface area contributed by atoms with Crippen LogP contribution in [0.5, 0.6) is 0 Å². The van der Waals surface area contributed by atoms with Gasteiger partial charge < -0.3 is 10.8 Å². The normalized spacial score (nSPS) is 10.8. The largest absolute Gasteiger partial charge is 0.508 e. The highest BCUT2D eigenvalue weighted by Crippen LogP contribution is 2.33. The number of nitrogens with zero attached hydrogens (tertiary/aromatic N) is 1. The van der Waals surface area contributed by atoms with E-state index in [1.54, 1.807) is 11.3 Å². The van der Waals surface area contributed by atoms with E-state index in [0.717, 1.165) is 35.6 Å². The summed E-state index contributed by atoms with van der Waals surface area (Å²) < 4.78 is 2.04. The Morgan fingerprint density at radius 1 is 1.25 bits per heavy atom. The van der Waals surface area contributed by atoms with Crippen molar-refractivity contribution in [3.63, 3.8) is 0 Å². The molecule has 0 bridgehead atoms. The highest BCUT2D eigenvalue weighted by Gasteiger charge is 2.09. The van der Waals surface area contributed by atoms with Gasteiger partial charge in [0.05, 0.1) is 10.2 Å². The number of nitrogen functional groups attached to an aromatic ring is 1. The molecule has 0 saturated heterocycles. The lowest BCUT2D eigenvalue weighted by molar-refractivity contribution is 0.514. The number of benzene rings is 2. The molecule has 3 aromatic rings. The SMILES string of the molecule is C=C(O)c1ccc2nc(-c3ccc(N)c(I)c3)sc2c1. The second-order valence-electron chi connectivity index (χ2n) is 4.38. The molecule has 1 heterocycles. The average Bonchev–Trinajstić information content (AvgIpc) is 2.84. The first-order chi connectivity index (χ1) is 9.54. The molecule has 5 heteroatoms. The van der Waals surface area contributed by atoms with E-state index in [0.29, 0.717) is 0 Å². The molecule has 1 aromatic heterocycles. The van der Waals surface area contributed by atoms with Gasteiger partial charge in [-0.3, -0.25) is 0 Å². The van der Waals surface area contributed by atoms with Crippen LogP contribution in [-0.2, 0) is 0 Å². The molecule has 0 aliphatic rings. The highest BCUT2D eigenvalue weighted by molar-refractivity contribution is 14.1. The van der Waals surface area contributed by atoms with E-state index < -0.39 is 0 Å². The number of aliphatic hydroxyl groups is 1. The molecule has 3 rings (SSSR count). The number of thiazole rings is 1. The van der Waals surface area contributed by atoms with E-state index in [1.165, 1.54) is 0 Å². The lowest BCUT2D eigenvalue weighted by Gasteiger charge is -2.00. The second kappa shape index (κ2) is 5.06. The minimum Gasteiger partial charge on any atom is -0.508 e. The fraction of sp³-hybridized carbons (Fsp3) is 0. The molecule has 0 radical (unpaired) electrons. The quantitative estimate of drug-likeness (QED) is 0.377. The molecule has 0 spiro atoms. The van der Waals surface area contributed by atoms with Crippen molar-refractivity contribution in [3.8, 4) is 10.6 Å². The van der Waals surface area contributed by atoms with Gasteiger partial charge in [0.1, 0.15) is 10.8 Å². The van der Waals surface area contributed by atoms with Gasteiger partial charge in [-0.05, 0) is 59.0 Å². The summed E-state index contributed by atoms with van der Waals surface area (Å²) in [6, 6.07) is 11.5. The van der Waals surface area contributed by atoms with Crippen LogP contribution in [0.15, 0.2) is 43.0 Å². The summed E-state index contributed by atoms with van der Waals surface area (Å²) in [7, 11) is 0. The maximum absolute atomic E-state index is 9.45. The Morgan fingerprint density at radius 2 is 2.05 bits per heavy atom. The predicted octanol–water partition coefficient (Wildman–Crippen LogP) is 4.68. The third kappa shape index (κ3) is 2.38. The fourth-order valence-electron chi connectivity index (χ4n) is 1.89. The van der Waals surface area contributed by atoms with Crippen molar-refractivity contribution in [2.24, 2.45) is 0 Å². The van der Waals surface area contributed by atoms with Crippen molar-refractivity contribution in [2.45, 2.75) is 0 Å². The van der Waals surface area contributed by atoms with E-state index in [-0.39, 0.29) is 5.76 Å². The van der Waals surface area contributed by atoms with Crippen molar-refractivity contribution >= 4 is 55.6 Å². The van der Waals surface area contributed by atoms with E-state index in [9.17, 15) is 5.11 Å². The number of hydrogen-bond donors (Lipinski definition) is 2. The van der Waals surface area contributed by atoms with Gasteiger partial charge in [0.25, 0.3) is 0 Å². The maximum atomic E-state index is 9.45. The first kappa shape index (κ1) is 13.4. The van der Waals surface area contributed by atoms with Gasteiger partial charge in [-0.1, -0.05) is 6.58 Å². The van der Waals surface area contributed by atoms with Crippen molar-refractivity contribution in [3.05, 3.63) is 52.1 Å². The monoisotopic (exact) mass is 394 g/mol.